The number of methoxy groups -OCH3 is 2. The van der Waals surface area contributed by atoms with Crippen molar-refractivity contribution in [1.82, 2.24) is 4.90 Å². The zero-order valence-electron chi connectivity index (χ0n) is 12.8. The smallest absolute Gasteiger partial charge is 0.179 e. The summed E-state index contributed by atoms with van der Waals surface area (Å²) in [7, 11) is 3.21. The number of hydrogen-bond acceptors (Lipinski definition) is 5. The number of benzene rings is 1. The lowest BCUT2D eigenvalue weighted by atomic mass is 10.0. The maximum Gasteiger partial charge on any atom is 0.179 e. The zero-order chi connectivity index (χ0) is 15.7. The predicted molar refractivity (Wildman–Crippen MR) is 80.5 cm³/mol. The van der Waals surface area contributed by atoms with Gasteiger partial charge >= 0.3 is 0 Å². The fraction of sp³-hybridized carbons (Fsp3) is 0.500. The Morgan fingerprint density at radius 2 is 1.95 bits per heavy atom. The molecule has 0 aliphatic rings. The summed E-state index contributed by atoms with van der Waals surface area (Å²) in [6, 6.07) is 8.89. The predicted octanol–water partition coefficient (Wildman–Crippen LogP) is 2.13. The Morgan fingerprint density at radius 1 is 1.29 bits per heavy atom. The molecule has 0 spiro atoms. The van der Waals surface area contributed by atoms with E-state index in [1.54, 1.807) is 38.5 Å². The van der Waals surface area contributed by atoms with E-state index in [0.29, 0.717) is 31.7 Å². The van der Waals surface area contributed by atoms with Gasteiger partial charge in [0.05, 0.1) is 25.8 Å². The highest BCUT2D eigenvalue weighted by Crippen LogP contribution is 2.15. The van der Waals surface area contributed by atoms with E-state index in [-0.39, 0.29) is 11.8 Å². The molecule has 1 unspecified atom stereocenters. The first kappa shape index (κ1) is 17.2. The van der Waals surface area contributed by atoms with Gasteiger partial charge in [0.2, 0.25) is 0 Å². The lowest BCUT2D eigenvalue weighted by Gasteiger charge is -2.27. The number of hydrogen-bond donors (Lipinski definition) is 0. The van der Waals surface area contributed by atoms with Crippen LogP contribution in [0.5, 0.6) is 5.75 Å². The fourth-order valence-corrected chi connectivity index (χ4v) is 2.06. The Bertz CT molecular complexity index is 479. The van der Waals surface area contributed by atoms with Crippen LogP contribution in [-0.4, -0.2) is 50.6 Å². The average molecular weight is 290 g/mol. The van der Waals surface area contributed by atoms with Gasteiger partial charge in [0.15, 0.2) is 5.78 Å². The van der Waals surface area contributed by atoms with E-state index in [2.05, 4.69) is 6.07 Å². The van der Waals surface area contributed by atoms with Crippen LogP contribution in [0.1, 0.15) is 23.7 Å². The lowest BCUT2D eigenvalue weighted by molar-refractivity contribution is 0.0781. The molecule has 21 heavy (non-hydrogen) atoms. The quantitative estimate of drug-likeness (QED) is 0.652. The molecule has 1 rings (SSSR count). The summed E-state index contributed by atoms with van der Waals surface area (Å²) in [5.41, 5.74) is 0.641. The molecule has 0 N–H and O–H groups in total. The maximum atomic E-state index is 12.5. The van der Waals surface area contributed by atoms with Crippen molar-refractivity contribution >= 4 is 5.78 Å². The Labute approximate surface area is 126 Å². The molecule has 0 radical (unpaired) electrons. The van der Waals surface area contributed by atoms with Crippen molar-refractivity contribution in [2.24, 2.45) is 0 Å². The zero-order valence-corrected chi connectivity index (χ0v) is 12.8. The second-order valence-corrected chi connectivity index (χ2v) is 4.71. The molecule has 0 bridgehead atoms. The van der Waals surface area contributed by atoms with Crippen molar-refractivity contribution in [3.8, 4) is 11.8 Å². The number of nitriles is 1. The van der Waals surface area contributed by atoms with Gasteiger partial charge < -0.3 is 9.47 Å². The summed E-state index contributed by atoms with van der Waals surface area (Å²) in [4.78, 5) is 14.5. The van der Waals surface area contributed by atoms with E-state index in [1.165, 1.54) is 0 Å². The van der Waals surface area contributed by atoms with Crippen LogP contribution in [0.2, 0.25) is 0 Å². The van der Waals surface area contributed by atoms with Crippen LogP contribution < -0.4 is 4.74 Å². The maximum absolute atomic E-state index is 12.5. The molecular weight excluding hydrogens is 268 g/mol. The minimum atomic E-state index is -0.290. The van der Waals surface area contributed by atoms with Gasteiger partial charge in [0, 0.05) is 32.2 Å². The Kier molecular flexibility index (Phi) is 7.44. The van der Waals surface area contributed by atoms with E-state index in [1.807, 2.05) is 11.8 Å². The monoisotopic (exact) mass is 290 g/mol. The van der Waals surface area contributed by atoms with Crippen LogP contribution in [0.15, 0.2) is 24.3 Å². The van der Waals surface area contributed by atoms with Gasteiger partial charge in [0.1, 0.15) is 5.75 Å². The molecule has 1 aromatic carbocycles. The molecule has 1 aromatic rings. The Morgan fingerprint density at radius 3 is 2.48 bits per heavy atom. The summed E-state index contributed by atoms with van der Waals surface area (Å²) in [5, 5.41) is 8.73. The third kappa shape index (κ3) is 5.18. The van der Waals surface area contributed by atoms with Gasteiger partial charge in [-0.25, -0.2) is 0 Å². The van der Waals surface area contributed by atoms with E-state index >= 15 is 0 Å². The van der Waals surface area contributed by atoms with Crippen molar-refractivity contribution in [1.29, 1.82) is 5.26 Å². The molecule has 0 saturated heterocycles. The summed E-state index contributed by atoms with van der Waals surface area (Å²) < 4.78 is 10.2. The molecule has 5 nitrogen and oxygen atoms in total. The van der Waals surface area contributed by atoms with Crippen LogP contribution in [0.3, 0.4) is 0 Å². The van der Waals surface area contributed by atoms with Crippen molar-refractivity contribution in [3.63, 3.8) is 0 Å². The molecule has 0 heterocycles. The second-order valence-electron chi connectivity index (χ2n) is 4.71. The fourth-order valence-electron chi connectivity index (χ4n) is 2.06. The summed E-state index contributed by atoms with van der Waals surface area (Å²) in [5.74, 6) is 0.756. The molecule has 0 aliphatic heterocycles. The van der Waals surface area contributed by atoms with Crippen molar-refractivity contribution in [2.45, 2.75) is 19.4 Å². The molecule has 0 aliphatic carbocycles. The molecule has 1 atom stereocenters. The van der Waals surface area contributed by atoms with Crippen LogP contribution in [0.4, 0.5) is 0 Å². The average Bonchev–Trinajstić information content (AvgIpc) is 2.54. The summed E-state index contributed by atoms with van der Waals surface area (Å²) >= 11 is 0. The lowest BCUT2D eigenvalue weighted by Crippen LogP contribution is -2.41. The standard InChI is InChI=1S/C16H22N2O3/c1-13(18(10-4-9-17)11-12-20-2)16(19)14-5-7-15(21-3)8-6-14/h5-8,13H,4,10-12H2,1-3H3. The van der Waals surface area contributed by atoms with Crippen molar-refractivity contribution in [3.05, 3.63) is 29.8 Å². The van der Waals surface area contributed by atoms with Gasteiger partial charge in [-0.05, 0) is 31.2 Å². The number of carbonyl (C=O) groups excluding carboxylic acids is 1. The Hall–Kier alpha value is -1.90. The SMILES string of the molecule is COCCN(CCC#N)C(C)C(=O)c1ccc(OC)cc1. The van der Waals surface area contributed by atoms with Gasteiger partial charge in [-0.3, -0.25) is 9.69 Å². The molecule has 5 heteroatoms. The van der Waals surface area contributed by atoms with Crippen LogP contribution in [0.25, 0.3) is 0 Å². The van der Waals surface area contributed by atoms with Crippen LogP contribution in [0, 0.1) is 11.3 Å². The van der Waals surface area contributed by atoms with Crippen LogP contribution >= 0.6 is 0 Å². The number of ketones is 1. The highest BCUT2D eigenvalue weighted by atomic mass is 16.5. The number of nitrogens with zero attached hydrogens (tertiary/aromatic N) is 2. The number of carbonyl (C=O) groups is 1. The first-order valence-electron chi connectivity index (χ1n) is 6.92. The van der Waals surface area contributed by atoms with Crippen molar-refractivity contribution in [2.75, 3.05) is 33.9 Å². The number of Topliss-reactive ketones (excluding diaryl/α,β-unsaturated/α-hetero) is 1. The first-order chi connectivity index (χ1) is 10.1. The summed E-state index contributed by atoms with van der Waals surface area (Å²) in [6.07, 6.45) is 0.393. The topological polar surface area (TPSA) is 62.6 Å². The molecule has 114 valence electrons. The van der Waals surface area contributed by atoms with Gasteiger partial charge in [-0.1, -0.05) is 0 Å². The molecule has 0 aromatic heterocycles. The number of ether oxygens (including phenoxy) is 2. The molecule has 0 saturated carbocycles. The normalized spacial score (nSPS) is 12.0. The van der Waals surface area contributed by atoms with E-state index in [0.717, 1.165) is 5.75 Å². The second kappa shape index (κ2) is 9.11. The van der Waals surface area contributed by atoms with Gasteiger partial charge in [0.25, 0.3) is 0 Å². The van der Waals surface area contributed by atoms with E-state index < -0.39 is 0 Å². The van der Waals surface area contributed by atoms with Gasteiger partial charge in [-0.15, -0.1) is 0 Å². The minimum Gasteiger partial charge on any atom is -0.497 e. The highest BCUT2D eigenvalue weighted by molar-refractivity contribution is 5.99. The minimum absolute atomic E-state index is 0.0340. The van der Waals surface area contributed by atoms with E-state index in [9.17, 15) is 4.79 Å². The first-order valence-corrected chi connectivity index (χ1v) is 6.92. The summed E-state index contributed by atoms with van der Waals surface area (Å²) in [6.45, 7) is 3.58. The Balaban J connectivity index is 2.77. The van der Waals surface area contributed by atoms with Gasteiger partial charge in [-0.2, -0.15) is 5.26 Å². The molecule has 0 amide bonds. The molecule has 0 fully saturated rings. The third-order valence-corrected chi connectivity index (χ3v) is 3.40. The van der Waals surface area contributed by atoms with E-state index in [4.69, 9.17) is 14.7 Å². The largest absolute Gasteiger partial charge is 0.497 e. The van der Waals surface area contributed by atoms with Crippen molar-refractivity contribution < 1.29 is 14.3 Å². The van der Waals surface area contributed by atoms with Crippen LogP contribution in [-0.2, 0) is 4.74 Å². The third-order valence-electron chi connectivity index (χ3n) is 3.40. The molecular formula is C16H22N2O3. The highest BCUT2D eigenvalue weighted by Gasteiger charge is 2.22. The number of rotatable bonds is 9.